The lowest BCUT2D eigenvalue weighted by atomic mass is 10.0. The third kappa shape index (κ3) is 19.6. The van der Waals surface area contributed by atoms with Crippen molar-refractivity contribution in [1.29, 1.82) is 0 Å². The van der Waals surface area contributed by atoms with E-state index in [1.165, 1.54) is 109 Å². The van der Waals surface area contributed by atoms with Gasteiger partial charge in [0.25, 0.3) is 0 Å². The van der Waals surface area contributed by atoms with Gasteiger partial charge in [0.2, 0.25) is 0 Å². The molecule has 29 heavy (non-hydrogen) atoms. The van der Waals surface area contributed by atoms with Gasteiger partial charge in [-0.15, -0.1) is 0 Å². The number of nitrogens with zero attached hydrogens (tertiary/aromatic N) is 1. The molecule has 176 valence electrons. The van der Waals surface area contributed by atoms with E-state index in [-0.39, 0.29) is 0 Å². The highest BCUT2D eigenvalue weighted by Crippen LogP contribution is 2.15. The lowest BCUT2D eigenvalue weighted by molar-refractivity contribution is 0.110. The zero-order valence-corrected chi connectivity index (χ0v) is 20.3. The van der Waals surface area contributed by atoms with Crippen molar-refractivity contribution in [2.45, 2.75) is 142 Å². The van der Waals surface area contributed by atoms with E-state index < -0.39 is 0 Å². The van der Waals surface area contributed by atoms with Crippen LogP contribution in [0, 0.1) is 0 Å². The van der Waals surface area contributed by atoms with E-state index >= 15 is 0 Å². The predicted molar refractivity (Wildman–Crippen MR) is 131 cm³/mol. The van der Waals surface area contributed by atoms with E-state index in [1.807, 2.05) is 0 Å². The molecule has 0 aliphatic carbocycles. The highest BCUT2D eigenvalue weighted by atomic mass is 16.3. The van der Waals surface area contributed by atoms with Crippen molar-refractivity contribution in [3.8, 4) is 0 Å². The molecule has 3 heteroatoms. The fraction of sp³-hybridized carbons (Fsp3) is 1.00. The lowest BCUT2D eigenvalue weighted by Crippen LogP contribution is -2.39. The van der Waals surface area contributed by atoms with Crippen molar-refractivity contribution in [3.63, 3.8) is 0 Å². The van der Waals surface area contributed by atoms with Gasteiger partial charge < -0.3 is 10.8 Å². The number of rotatable bonds is 24. The van der Waals surface area contributed by atoms with Crippen LogP contribution in [-0.2, 0) is 0 Å². The Morgan fingerprint density at radius 2 is 1.00 bits per heavy atom. The molecule has 1 atom stereocenters. The molecule has 0 saturated heterocycles. The minimum absolute atomic E-state index is 0.304. The van der Waals surface area contributed by atoms with E-state index in [2.05, 4.69) is 18.7 Å². The summed E-state index contributed by atoms with van der Waals surface area (Å²) in [4.78, 5) is 2.60. The molecule has 0 unspecified atom stereocenters. The number of hydrogen-bond donors (Lipinski definition) is 2. The van der Waals surface area contributed by atoms with E-state index in [9.17, 15) is 5.11 Å². The molecule has 0 rings (SSSR count). The fourth-order valence-electron chi connectivity index (χ4n) is 4.29. The zero-order valence-electron chi connectivity index (χ0n) is 20.3. The molecule has 0 bridgehead atoms. The first-order valence-corrected chi connectivity index (χ1v) is 13.3. The van der Waals surface area contributed by atoms with Crippen molar-refractivity contribution in [1.82, 2.24) is 4.90 Å². The van der Waals surface area contributed by atoms with Crippen molar-refractivity contribution in [3.05, 3.63) is 0 Å². The van der Waals surface area contributed by atoms with Crippen LogP contribution in [0.4, 0.5) is 0 Å². The largest absolute Gasteiger partial charge is 0.395 e. The Balaban J connectivity index is 4.02. The summed E-state index contributed by atoms with van der Waals surface area (Å²) >= 11 is 0. The quantitative estimate of drug-likeness (QED) is 0.167. The van der Waals surface area contributed by atoms with Gasteiger partial charge in [0.1, 0.15) is 0 Å². The number of hydrogen-bond acceptors (Lipinski definition) is 3. The molecule has 0 aliphatic rings. The maximum atomic E-state index is 9.96. The molecule has 0 aromatic heterocycles. The molecule has 0 radical (unpaired) electrons. The van der Waals surface area contributed by atoms with E-state index in [0.29, 0.717) is 12.6 Å². The first-order valence-electron chi connectivity index (χ1n) is 13.3. The number of unbranched alkanes of at least 4 members (excludes halogenated alkanes) is 15. The van der Waals surface area contributed by atoms with Crippen LogP contribution in [0.3, 0.4) is 0 Å². The second-order valence-corrected chi connectivity index (χ2v) is 9.11. The van der Waals surface area contributed by atoms with Crippen LogP contribution in [0.5, 0.6) is 0 Å². The second kappa shape index (κ2) is 24.2. The van der Waals surface area contributed by atoms with Gasteiger partial charge in [-0.3, -0.25) is 4.90 Å². The third-order valence-electron chi connectivity index (χ3n) is 6.32. The summed E-state index contributed by atoms with van der Waals surface area (Å²) in [5, 5.41) is 9.96. The van der Waals surface area contributed by atoms with Crippen molar-refractivity contribution in [2.24, 2.45) is 5.73 Å². The van der Waals surface area contributed by atoms with Gasteiger partial charge >= 0.3 is 0 Å². The molecular formula is C26H56N2O. The minimum atomic E-state index is 0.304. The van der Waals surface area contributed by atoms with E-state index in [0.717, 1.165) is 32.4 Å². The van der Waals surface area contributed by atoms with Crippen LogP contribution in [0.25, 0.3) is 0 Å². The first kappa shape index (κ1) is 28.9. The number of nitrogens with two attached hydrogens (primary N) is 1. The van der Waals surface area contributed by atoms with Crippen LogP contribution >= 0.6 is 0 Å². The maximum absolute atomic E-state index is 9.96. The summed E-state index contributed by atoms with van der Waals surface area (Å²) in [6.45, 7) is 7.97. The van der Waals surface area contributed by atoms with Gasteiger partial charge in [-0.1, -0.05) is 110 Å². The summed E-state index contributed by atoms with van der Waals surface area (Å²) < 4.78 is 0. The molecule has 3 N–H and O–H groups in total. The normalized spacial score (nSPS) is 12.7. The molecule has 0 aromatic rings. The zero-order chi connectivity index (χ0) is 21.4. The van der Waals surface area contributed by atoms with Crippen LogP contribution in [0.15, 0.2) is 0 Å². The van der Waals surface area contributed by atoms with Crippen LogP contribution in [-0.4, -0.2) is 42.3 Å². The SMILES string of the molecule is CCCCCCCCCCCCN(CCCCCCCC)[C@H](CO)CCCCN. The molecular weight excluding hydrogens is 356 g/mol. The Labute approximate surface area is 184 Å². The molecule has 0 aromatic carbocycles. The van der Waals surface area contributed by atoms with E-state index in [4.69, 9.17) is 5.73 Å². The minimum Gasteiger partial charge on any atom is -0.395 e. The van der Waals surface area contributed by atoms with E-state index in [1.54, 1.807) is 0 Å². The molecule has 0 spiro atoms. The fourth-order valence-corrected chi connectivity index (χ4v) is 4.29. The van der Waals surface area contributed by atoms with Gasteiger partial charge in [-0.2, -0.15) is 0 Å². The summed E-state index contributed by atoms with van der Waals surface area (Å²) in [7, 11) is 0. The first-order chi connectivity index (χ1) is 14.3. The van der Waals surface area contributed by atoms with Gasteiger partial charge in [0.05, 0.1) is 6.61 Å². The summed E-state index contributed by atoms with van der Waals surface area (Å²) in [6, 6.07) is 0.343. The van der Waals surface area contributed by atoms with Crippen molar-refractivity contribution in [2.75, 3.05) is 26.2 Å². The maximum Gasteiger partial charge on any atom is 0.0586 e. The highest BCUT2D eigenvalue weighted by Gasteiger charge is 2.16. The number of aliphatic hydroxyl groups excluding tert-OH is 1. The van der Waals surface area contributed by atoms with Crippen LogP contribution in [0.2, 0.25) is 0 Å². The Morgan fingerprint density at radius 1 is 0.586 bits per heavy atom. The van der Waals surface area contributed by atoms with Gasteiger partial charge in [0.15, 0.2) is 0 Å². The topological polar surface area (TPSA) is 49.5 Å². The van der Waals surface area contributed by atoms with Crippen LogP contribution in [0.1, 0.15) is 136 Å². The summed E-state index contributed by atoms with van der Waals surface area (Å²) in [6.07, 6.45) is 25.3. The third-order valence-corrected chi connectivity index (χ3v) is 6.32. The molecule has 0 saturated carbocycles. The second-order valence-electron chi connectivity index (χ2n) is 9.11. The smallest absolute Gasteiger partial charge is 0.0586 e. The molecule has 3 nitrogen and oxygen atoms in total. The number of aliphatic hydroxyl groups is 1. The van der Waals surface area contributed by atoms with Gasteiger partial charge in [-0.25, -0.2) is 0 Å². The Bertz CT molecular complexity index is 298. The summed E-state index contributed by atoms with van der Waals surface area (Å²) in [5.41, 5.74) is 5.67. The van der Waals surface area contributed by atoms with Gasteiger partial charge in [0, 0.05) is 6.04 Å². The predicted octanol–water partition coefficient (Wildman–Crippen LogP) is 7.06. The molecule has 0 heterocycles. The Morgan fingerprint density at radius 3 is 1.38 bits per heavy atom. The monoisotopic (exact) mass is 412 g/mol. The Kier molecular flexibility index (Phi) is 24.1. The van der Waals surface area contributed by atoms with Crippen molar-refractivity contribution < 1.29 is 5.11 Å². The standard InChI is InChI=1S/C26H56N2O/c1-3-5-7-9-11-12-13-14-16-20-24-28(23-19-15-10-8-6-4-2)26(25-29)21-17-18-22-27/h26,29H,3-25,27H2,1-2H3/t26-/m0/s1. The molecule has 0 fully saturated rings. The Hall–Kier alpha value is -0.120. The molecule has 0 amide bonds. The molecule has 0 aliphatic heterocycles. The average molecular weight is 413 g/mol. The van der Waals surface area contributed by atoms with Crippen molar-refractivity contribution >= 4 is 0 Å². The lowest BCUT2D eigenvalue weighted by Gasteiger charge is -2.31. The average Bonchev–Trinajstić information content (AvgIpc) is 2.74. The highest BCUT2D eigenvalue weighted by molar-refractivity contribution is 4.72. The van der Waals surface area contributed by atoms with Crippen LogP contribution < -0.4 is 5.73 Å². The summed E-state index contributed by atoms with van der Waals surface area (Å²) in [5.74, 6) is 0. The van der Waals surface area contributed by atoms with Gasteiger partial charge in [-0.05, 0) is 45.3 Å².